The van der Waals surface area contributed by atoms with Gasteiger partial charge in [0.05, 0.1) is 0 Å². The first-order valence-electron chi connectivity index (χ1n) is 5.86. The Morgan fingerprint density at radius 1 is 1.33 bits per heavy atom. The van der Waals surface area contributed by atoms with E-state index in [-0.39, 0.29) is 6.04 Å². The van der Waals surface area contributed by atoms with Crippen LogP contribution in [0.4, 0.5) is 0 Å². The first-order valence-corrected chi connectivity index (χ1v) is 6.91. The number of nitrogens with one attached hydrogen (secondary N) is 1. The highest BCUT2D eigenvalue weighted by Crippen LogP contribution is 2.30. The van der Waals surface area contributed by atoms with E-state index in [2.05, 4.69) is 5.32 Å². The molecule has 2 aliphatic rings. The molecule has 1 unspecified atom stereocenters. The highest BCUT2D eigenvalue weighted by Gasteiger charge is 2.29. The van der Waals surface area contributed by atoms with Gasteiger partial charge in [0.2, 0.25) is 0 Å². The molecular formula is C11H19NO2S. The minimum Gasteiger partial charge on any atom is -0.480 e. The Morgan fingerprint density at radius 3 is 2.53 bits per heavy atom. The number of carboxylic acid groups (broad SMARTS) is 1. The van der Waals surface area contributed by atoms with Gasteiger partial charge in [0.1, 0.15) is 6.04 Å². The highest BCUT2D eigenvalue weighted by atomic mass is 32.2. The lowest BCUT2D eigenvalue weighted by Gasteiger charge is -2.16. The summed E-state index contributed by atoms with van der Waals surface area (Å²) >= 11 is 1.85. The fraction of sp³-hybridized carbons (Fsp3) is 0.909. The van der Waals surface area contributed by atoms with E-state index in [0.29, 0.717) is 11.3 Å². The van der Waals surface area contributed by atoms with E-state index in [1.54, 1.807) is 0 Å². The van der Waals surface area contributed by atoms with Gasteiger partial charge in [-0.05, 0) is 25.7 Å². The number of hydrogen-bond donors (Lipinski definition) is 2. The largest absolute Gasteiger partial charge is 0.480 e. The van der Waals surface area contributed by atoms with Crippen LogP contribution in [0.15, 0.2) is 0 Å². The predicted molar refractivity (Wildman–Crippen MR) is 62.3 cm³/mol. The molecule has 0 amide bonds. The molecule has 15 heavy (non-hydrogen) atoms. The molecule has 0 heterocycles. The monoisotopic (exact) mass is 229 g/mol. The van der Waals surface area contributed by atoms with Gasteiger partial charge < -0.3 is 10.4 Å². The molecule has 1 atom stereocenters. The van der Waals surface area contributed by atoms with E-state index in [0.717, 1.165) is 18.6 Å². The molecule has 4 heteroatoms. The van der Waals surface area contributed by atoms with Crippen molar-refractivity contribution < 1.29 is 9.90 Å². The van der Waals surface area contributed by atoms with Gasteiger partial charge in [-0.15, -0.1) is 0 Å². The number of carbonyl (C=O) groups is 1. The number of hydrogen-bond acceptors (Lipinski definition) is 3. The summed E-state index contributed by atoms with van der Waals surface area (Å²) in [5.74, 6) is 0.0450. The molecule has 2 rings (SSSR count). The topological polar surface area (TPSA) is 49.3 Å². The van der Waals surface area contributed by atoms with Crippen LogP contribution in [-0.4, -0.2) is 34.2 Å². The van der Waals surface area contributed by atoms with E-state index < -0.39 is 5.97 Å². The van der Waals surface area contributed by atoms with Gasteiger partial charge in [-0.25, -0.2) is 0 Å². The van der Waals surface area contributed by atoms with Gasteiger partial charge in [-0.3, -0.25) is 4.79 Å². The molecule has 0 spiro atoms. The zero-order valence-corrected chi connectivity index (χ0v) is 9.76. The number of rotatable bonds is 6. The maximum absolute atomic E-state index is 11.0. The molecule has 0 aromatic rings. The van der Waals surface area contributed by atoms with Crippen molar-refractivity contribution in [3.05, 3.63) is 0 Å². The molecule has 0 aliphatic heterocycles. The zero-order chi connectivity index (χ0) is 10.7. The van der Waals surface area contributed by atoms with Gasteiger partial charge in [-0.2, -0.15) is 11.8 Å². The summed E-state index contributed by atoms with van der Waals surface area (Å²) in [5.41, 5.74) is 0. The Hall–Kier alpha value is -0.220. The third-order valence-corrected chi connectivity index (χ3v) is 4.58. The van der Waals surface area contributed by atoms with Crippen LogP contribution in [0.5, 0.6) is 0 Å². The second-order valence-electron chi connectivity index (χ2n) is 4.57. The van der Waals surface area contributed by atoms with Crippen molar-refractivity contribution in [2.24, 2.45) is 0 Å². The maximum atomic E-state index is 11.0. The Balaban J connectivity index is 1.70. The van der Waals surface area contributed by atoms with Gasteiger partial charge >= 0.3 is 5.97 Å². The second-order valence-corrected chi connectivity index (χ2v) is 5.90. The minimum absolute atomic E-state index is 0.330. The molecule has 0 radical (unpaired) electrons. The summed E-state index contributed by atoms with van der Waals surface area (Å²) in [6.07, 6.45) is 7.51. The number of carboxylic acids is 1. The van der Waals surface area contributed by atoms with Gasteiger partial charge in [-0.1, -0.05) is 12.8 Å². The van der Waals surface area contributed by atoms with Gasteiger partial charge in [0.15, 0.2) is 0 Å². The van der Waals surface area contributed by atoms with E-state index in [4.69, 9.17) is 5.11 Å². The summed E-state index contributed by atoms with van der Waals surface area (Å²) in [4.78, 5) is 11.0. The van der Waals surface area contributed by atoms with Crippen LogP contribution in [-0.2, 0) is 4.79 Å². The molecule has 2 fully saturated rings. The van der Waals surface area contributed by atoms with E-state index in [9.17, 15) is 4.79 Å². The van der Waals surface area contributed by atoms with Crippen LogP contribution in [0.1, 0.15) is 38.5 Å². The highest BCUT2D eigenvalue weighted by molar-refractivity contribution is 8.00. The summed E-state index contributed by atoms with van der Waals surface area (Å²) in [6, 6.07) is 0.151. The van der Waals surface area contributed by atoms with Crippen molar-refractivity contribution in [3.63, 3.8) is 0 Å². The normalized spacial score (nSPS) is 24.3. The molecule has 0 saturated heterocycles. The zero-order valence-electron chi connectivity index (χ0n) is 8.95. The molecule has 3 nitrogen and oxygen atoms in total. The van der Waals surface area contributed by atoms with Crippen LogP contribution in [0.25, 0.3) is 0 Å². The summed E-state index contributed by atoms with van der Waals surface area (Å²) < 4.78 is 0. The molecule has 0 bridgehead atoms. The maximum Gasteiger partial charge on any atom is 0.321 e. The van der Waals surface area contributed by atoms with E-state index in [1.807, 2.05) is 11.8 Å². The average molecular weight is 229 g/mol. The average Bonchev–Trinajstić information content (AvgIpc) is 2.87. The van der Waals surface area contributed by atoms with Crippen LogP contribution >= 0.6 is 11.8 Å². The van der Waals surface area contributed by atoms with Crippen molar-refractivity contribution in [3.8, 4) is 0 Å². The Labute approximate surface area is 95.0 Å². The molecule has 86 valence electrons. The Bertz CT molecular complexity index is 225. The van der Waals surface area contributed by atoms with Crippen LogP contribution in [0, 0.1) is 0 Å². The Kier molecular flexibility index (Phi) is 3.92. The van der Waals surface area contributed by atoms with Crippen molar-refractivity contribution in [2.45, 2.75) is 55.9 Å². The van der Waals surface area contributed by atoms with Crippen molar-refractivity contribution in [1.29, 1.82) is 0 Å². The van der Waals surface area contributed by atoms with Crippen molar-refractivity contribution in [1.82, 2.24) is 5.32 Å². The smallest absolute Gasteiger partial charge is 0.321 e. The first kappa shape index (κ1) is 11.3. The van der Waals surface area contributed by atoms with Crippen molar-refractivity contribution >= 4 is 17.7 Å². The SMILES string of the molecule is O=C(O)C(CSC1CCCC1)NC1CC1. The van der Waals surface area contributed by atoms with Crippen LogP contribution < -0.4 is 5.32 Å². The summed E-state index contributed by atoms with van der Waals surface area (Å²) in [6.45, 7) is 0. The number of thioether (sulfide) groups is 1. The molecule has 2 N–H and O–H groups in total. The quantitative estimate of drug-likeness (QED) is 0.730. The van der Waals surface area contributed by atoms with E-state index in [1.165, 1.54) is 25.7 Å². The third kappa shape index (κ3) is 3.68. The molecule has 0 aromatic heterocycles. The van der Waals surface area contributed by atoms with Gasteiger partial charge in [0, 0.05) is 17.0 Å². The second kappa shape index (κ2) is 5.21. The van der Waals surface area contributed by atoms with Crippen molar-refractivity contribution in [2.75, 3.05) is 5.75 Å². The Morgan fingerprint density at radius 2 is 2.00 bits per heavy atom. The molecule has 0 aromatic carbocycles. The lowest BCUT2D eigenvalue weighted by atomic mass is 10.3. The van der Waals surface area contributed by atoms with Crippen LogP contribution in [0.3, 0.4) is 0 Å². The fourth-order valence-corrected chi connectivity index (χ4v) is 3.38. The van der Waals surface area contributed by atoms with Crippen LogP contribution in [0.2, 0.25) is 0 Å². The number of aliphatic carboxylic acids is 1. The minimum atomic E-state index is -0.688. The fourth-order valence-electron chi connectivity index (χ4n) is 2.01. The van der Waals surface area contributed by atoms with E-state index >= 15 is 0 Å². The predicted octanol–water partition coefficient (Wildman–Crippen LogP) is 1.87. The molecular weight excluding hydrogens is 210 g/mol. The van der Waals surface area contributed by atoms with Gasteiger partial charge in [0.25, 0.3) is 0 Å². The molecule has 2 saturated carbocycles. The third-order valence-electron chi connectivity index (χ3n) is 3.11. The summed E-state index contributed by atoms with van der Waals surface area (Å²) in [7, 11) is 0. The lowest BCUT2D eigenvalue weighted by molar-refractivity contribution is -0.138. The summed E-state index contributed by atoms with van der Waals surface area (Å²) in [5, 5.41) is 13.0. The first-order chi connectivity index (χ1) is 7.25. The standard InChI is InChI=1S/C11H19NO2S/c13-11(14)10(12-8-5-6-8)7-15-9-3-1-2-4-9/h8-10,12H,1-7H2,(H,13,14). The molecule has 2 aliphatic carbocycles. The lowest BCUT2D eigenvalue weighted by Crippen LogP contribution is -2.40.